The second-order valence-corrected chi connectivity index (χ2v) is 8.26. The molecular weight excluding hydrogens is 378 g/mol. The number of carbonyl (C=O) groups is 2. The van der Waals surface area contributed by atoms with Gasteiger partial charge in [0, 0.05) is 30.9 Å². The van der Waals surface area contributed by atoms with E-state index in [2.05, 4.69) is 10.0 Å². The van der Waals surface area contributed by atoms with Crippen LogP contribution in [-0.2, 0) is 26.0 Å². The average Bonchev–Trinajstić information content (AvgIpc) is 3.10. The second-order valence-electron chi connectivity index (χ2n) is 6.37. The Balaban J connectivity index is 1.73. The van der Waals surface area contributed by atoms with Crippen molar-refractivity contribution >= 4 is 39.3 Å². The van der Waals surface area contributed by atoms with Gasteiger partial charge in [0.2, 0.25) is 15.9 Å². The molecular formula is C20H21N3O4S. The van der Waals surface area contributed by atoms with Crippen LogP contribution in [0.1, 0.15) is 18.1 Å². The third-order valence-corrected chi connectivity index (χ3v) is 5.85. The van der Waals surface area contributed by atoms with Crippen LogP contribution >= 0.6 is 0 Å². The number of amides is 2. The molecule has 2 aromatic carbocycles. The molecule has 2 amide bonds. The summed E-state index contributed by atoms with van der Waals surface area (Å²) in [6, 6.07) is 11.9. The number of hydrogen-bond donors (Lipinski definition) is 2. The Bertz CT molecular complexity index is 1040. The maximum absolute atomic E-state index is 12.6. The third kappa shape index (κ3) is 4.29. The summed E-state index contributed by atoms with van der Waals surface area (Å²) in [6.07, 6.45) is 3.80. The van der Waals surface area contributed by atoms with Crippen molar-refractivity contribution < 1.29 is 18.0 Å². The van der Waals surface area contributed by atoms with Gasteiger partial charge in [-0.3, -0.25) is 9.59 Å². The van der Waals surface area contributed by atoms with Gasteiger partial charge in [-0.2, -0.15) is 0 Å². The van der Waals surface area contributed by atoms with Gasteiger partial charge in [0.15, 0.2) is 0 Å². The first-order chi connectivity index (χ1) is 13.3. The van der Waals surface area contributed by atoms with Crippen molar-refractivity contribution in [2.45, 2.75) is 18.2 Å². The van der Waals surface area contributed by atoms with Crippen LogP contribution in [0.5, 0.6) is 0 Å². The second kappa shape index (κ2) is 7.95. The highest BCUT2D eigenvalue weighted by molar-refractivity contribution is 7.89. The molecule has 0 radical (unpaired) electrons. The number of nitrogens with zero attached hydrogens (tertiary/aromatic N) is 1. The minimum absolute atomic E-state index is 0.142. The molecule has 0 aromatic heterocycles. The minimum atomic E-state index is -3.51. The molecule has 0 bridgehead atoms. The minimum Gasteiger partial charge on any atom is -0.326 e. The van der Waals surface area contributed by atoms with Crippen LogP contribution in [0.4, 0.5) is 11.4 Å². The van der Waals surface area contributed by atoms with Crippen LogP contribution in [0.15, 0.2) is 53.4 Å². The lowest BCUT2D eigenvalue weighted by molar-refractivity contribution is -0.114. The number of sulfonamides is 1. The summed E-state index contributed by atoms with van der Waals surface area (Å²) >= 11 is 0. The van der Waals surface area contributed by atoms with Crippen molar-refractivity contribution in [2.24, 2.45) is 0 Å². The van der Waals surface area contributed by atoms with Crippen molar-refractivity contribution in [2.75, 3.05) is 23.8 Å². The predicted molar refractivity (Wildman–Crippen MR) is 109 cm³/mol. The lowest BCUT2D eigenvalue weighted by Crippen LogP contribution is -2.26. The van der Waals surface area contributed by atoms with Crippen LogP contribution in [-0.4, -0.2) is 33.8 Å². The summed E-state index contributed by atoms with van der Waals surface area (Å²) < 4.78 is 26.2. The van der Waals surface area contributed by atoms with Gasteiger partial charge in [-0.1, -0.05) is 12.1 Å². The third-order valence-electron chi connectivity index (χ3n) is 4.44. The highest BCUT2D eigenvalue weighted by Gasteiger charge is 2.25. The van der Waals surface area contributed by atoms with E-state index in [1.807, 2.05) is 12.1 Å². The number of nitrogens with one attached hydrogen (secondary N) is 2. The summed E-state index contributed by atoms with van der Waals surface area (Å²) in [7, 11) is -2.14. The number of benzene rings is 2. The molecule has 2 aromatic rings. The van der Waals surface area contributed by atoms with E-state index in [0.29, 0.717) is 18.7 Å². The summed E-state index contributed by atoms with van der Waals surface area (Å²) in [5, 5.41) is 2.69. The molecule has 1 heterocycles. The van der Waals surface area contributed by atoms with Crippen molar-refractivity contribution in [1.29, 1.82) is 0 Å². The van der Waals surface area contributed by atoms with E-state index in [1.54, 1.807) is 35.2 Å². The number of carbonyl (C=O) groups excluding carboxylic acids is 2. The van der Waals surface area contributed by atoms with Gasteiger partial charge in [-0.05, 0) is 61.0 Å². The maximum atomic E-state index is 12.6. The van der Waals surface area contributed by atoms with E-state index < -0.39 is 10.0 Å². The number of anilines is 2. The van der Waals surface area contributed by atoms with Crippen molar-refractivity contribution in [3.8, 4) is 0 Å². The summed E-state index contributed by atoms with van der Waals surface area (Å²) in [6.45, 7) is 1.94. The first kappa shape index (κ1) is 19.8. The Hall–Kier alpha value is -2.97. The Morgan fingerprint density at radius 2 is 1.82 bits per heavy atom. The van der Waals surface area contributed by atoms with E-state index in [9.17, 15) is 18.0 Å². The normalized spacial score (nSPS) is 13.6. The van der Waals surface area contributed by atoms with Gasteiger partial charge in [0.05, 0.1) is 4.90 Å². The largest absolute Gasteiger partial charge is 0.326 e. The van der Waals surface area contributed by atoms with Crippen LogP contribution in [0.3, 0.4) is 0 Å². The van der Waals surface area contributed by atoms with Crippen molar-refractivity contribution in [3.05, 3.63) is 59.7 Å². The molecule has 2 N–H and O–H groups in total. The van der Waals surface area contributed by atoms with Gasteiger partial charge in [0.1, 0.15) is 0 Å². The van der Waals surface area contributed by atoms with Gasteiger partial charge >= 0.3 is 0 Å². The molecule has 0 saturated carbocycles. The highest BCUT2D eigenvalue weighted by Crippen LogP contribution is 2.30. The monoisotopic (exact) mass is 399 g/mol. The summed E-state index contributed by atoms with van der Waals surface area (Å²) in [4.78, 5) is 25.4. The predicted octanol–water partition coefficient (Wildman–Crippen LogP) is 2.16. The standard InChI is InChI=1S/C20H21N3O4S/c1-14(24)22-17-6-3-15(4-7-17)5-10-20(25)23-12-11-16-13-18(8-9-19(16)23)28(26,27)21-2/h3-10,13,21H,11-12H2,1-2H3,(H,22,24)/b10-5+. The first-order valence-electron chi connectivity index (χ1n) is 8.74. The lowest BCUT2D eigenvalue weighted by Gasteiger charge is -2.15. The number of hydrogen-bond acceptors (Lipinski definition) is 4. The zero-order valence-electron chi connectivity index (χ0n) is 15.6. The van der Waals surface area contributed by atoms with Gasteiger partial charge in [0.25, 0.3) is 5.91 Å². The molecule has 0 spiro atoms. The summed E-state index contributed by atoms with van der Waals surface area (Å²) in [5.41, 5.74) is 3.08. The Labute approximate surface area is 164 Å². The SMILES string of the molecule is CNS(=O)(=O)c1ccc2c(c1)CCN2C(=O)/C=C/c1ccc(NC(C)=O)cc1. The van der Waals surface area contributed by atoms with E-state index in [1.165, 1.54) is 26.1 Å². The maximum Gasteiger partial charge on any atom is 0.251 e. The van der Waals surface area contributed by atoms with Crippen LogP contribution in [0.2, 0.25) is 0 Å². The molecule has 0 atom stereocenters. The number of fused-ring (bicyclic) bond motifs is 1. The van der Waals surface area contributed by atoms with Gasteiger partial charge in [-0.15, -0.1) is 0 Å². The molecule has 8 heteroatoms. The van der Waals surface area contributed by atoms with E-state index in [0.717, 1.165) is 16.8 Å². The molecule has 1 aliphatic heterocycles. The molecule has 0 aliphatic carbocycles. The molecule has 0 unspecified atom stereocenters. The molecule has 3 rings (SSSR count). The van der Waals surface area contributed by atoms with E-state index >= 15 is 0 Å². The van der Waals surface area contributed by atoms with Gasteiger partial charge < -0.3 is 10.2 Å². The van der Waals surface area contributed by atoms with Crippen LogP contribution in [0, 0.1) is 0 Å². The smallest absolute Gasteiger partial charge is 0.251 e. The lowest BCUT2D eigenvalue weighted by atomic mass is 10.1. The fourth-order valence-electron chi connectivity index (χ4n) is 3.03. The molecule has 1 aliphatic rings. The Morgan fingerprint density at radius 3 is 2.46 bits per heavy atom. The molecule has 28 heavy (non-hydrogen) atoms. The fraction of sp³-hybridized carbons (Fsp3) is 0.200. The van der Waals surface area contributed by atoms with Crippen molar-refractivity contribution in [1.82, 2.24) is 4.72 Å². The quantitative estimate of drug-likeness (QED) is 0.753. The number of rotatable bonds is 5. The zero-order chi connectivity index (χ0) is 20.3. The van der Waals surface area contributed by atoms with E-state index in [-0.39, 0.29) is 16.7 Å². The molecule has 7 nitrogen and oxygen atoms in total. The summed E-state index contributed by atoms with van der Waals surface area (Å²) in [5.74, 6) is -0.314. The average molecular weight is 399 g/mol. The molecule has 146 valence electrons. The van der Waals surface area contributed by atoms with Crippen molar-refractivity contribution in [3.63, 3.8) is 0 Å². The Kier molecular flexibility index (Phi) is 5.62. The van der Waals surface area contributed by atoms with Crippen LogP contribution in [0.25, 0.3) is 6.08 Å². The first-order valence-corrected chi connectivity index (χ1v) is 10.2. The zero-order valence-corrected chi connectivity index (χ0v) is 16.4. The molecule has 0 fully saturated rings. The highest BCUT2D eigenvalue weighted by atomic mass is 32.2. The molecule has 0 saturated heterocycles. The Morgan fingerprint density at radius 1 is 1.11 bits per heavy atom. The van der Waals surface area contributed by atoms with E-state index in [4.69, 9.17) is 0 Å². The topological polar surface area (TPSA) is 95.6 Å². The van der Waals surface area contributed by atoms with Crippen LogP contribution < -0.4 is 14.9 Å². The fourth-order valence-corrected chi connectivity index (χ4v) is 3.81. The van der Waals surface area contributed by atoms with Gasteiger partial charge in [-0.25, -0.2) is 13.1 Å².